The van der Waals surface area contributed by atoms with Crippen molar-refractivity contribution in [3.8, 4) is 0 Å². The molecule has 1 aliphatic carbocycles. The van der Waals surface area contributed by atoms with Gasteiger partial charge in [-0.3, -0.25) is 4.79 Å². The van der Waals surface area contributed by atoms with Gasteiger partial charge in [-0.25, -0.2) is 0 Å². The highest BCUT2D eigenvalue weighted by Crippen LogP contribution is 2.48. The number of carbonyl (C=O) groups excluding carboxylic acids is 1. The topological polar surface area (TPSA) is 17.1 Å². The molecule has 0 N–H and O–H groups in total. The van der Waals surface area contributed by atoms with Gasteiger partial charge in [-0.1, -0.05) is 32.9 Å². The van der Waals surface area contributed by atoms with Gasteiger partial charge in [0, 0.05) is 10.8 Å². The Hall–Kier alpha value is -0.590. The van der Waals surface area contributed by atoms with Crippen LogP contribution in [0.1, 0.15) is 59.8 Å². The number of carbonyl (C=O) groups is 1. The van der Waals surface area contributed by atoms with Crippen LogP contribution in [0.15, 0.2) is 12.2 Å². The van der Waals surface area contributed by atoms with E-state index in [4.69, 9.17) is 0 Å². The number of hydrogen-bond acceptors (Lipinski definition) is 1. The number of rotatable bonds is 4. The van der Waals surface area contributed by atoms with E-state index in [0.29, 0.717) is 5.78 Å². The summed E-state index contributed by atoms with van der Waals surface area (Å²) in [5, 5.41) is 0. The van der Waals surface area contributed by atoms with Crippen LogP contribution in [0.2, 0.25) is 0 Å². The second kappa shape index (κ2) is 4.51. The van der Waals surface area contributed by atoms with Crippen LogP contribution in [0.4, 0.5) is 0 Å². The number of unbranched alkanes of at least 4 members (excludes halogenated alkanes) is 1. The van der Waals surface area contributed by atoms with Crippen LogP contribution in [0, 0.1) is 10.8 Å². The van der Waals surface area contributed by atoms with Crippen molar-refractivity contribution in [1.29, 1.82) is 0 Å². The predicted molar refractivity (Wildman–Crippen MR) is 64.8 cm³/mol. The van der Waals surface area contributed by atoms with E-state index in [1.807, 2.05) is 6.92 Å². The van der Waals surface area contributed by atoms with Gasteiger partial charge in [-0.05, 0) is 39.0 Å². The molecule has 0 bridgehead atoms. The maximum atomic E-state index is 12.2. The zero-order valence-corrected chi connectivity index (χ0v) is 10.6. The minimum atomic E-state index is -0.0741. The Labute approximate surface area is 93.9 Å². The second-order valence-electron chi connectivity index (χ2n) is 5.73. The van der Waals surface area contributed by atoms with E-state index in [-0.39, 0.29) is 10.8 Å². The summed E-state index contributed by atoms with van der Waals surface area (Å²) in [6.45, 7) is 8.38. The third-order valence-electron chi connectivity index (χ3n) is 3.80. The van der Waals surface area contributed by atoms with Crippen LogP contribution in [-0.4, -0.2) is 5.78 Å². The molecule has 1 fully saturated rings. The SMILES string of the molecule is C/C=C/CCC[C@@]1(C)CCC(C)(C)C1=O. The maximum Gasteiger partial charge on any atom is 0.144 e. The molecule has 1 aliphatic rings. The summed E-state index contributed by atoms with van der Waals surface area (Å²) in [6.07, 6.45) is 9.72. The summed E-state index contributed by atoms with van der Waals surface area (Å²) in [5.74, 6) is 0.482. The fourth-order valence-corrected chi connectivity index (χ4v) is 2.65. The lowest BCUT2D eigenvalue weighted by Crippen LogP contribution is -2.29. The van der Waals surface area contributed by atoms with Gasteiger partial charge < -0.3 is 0 Å². The molecule has 0 heterocycles. The Morgan fingerprint density at radius 2 is 1.93 bits per heavy atom. The monoisotopic (exact) mass is 208 g/mol. The average Bonchev–Trinajstić information content (AvgIpc) is 2.39. The lowest BCUT2D eigenvalue weighted by Gasteiger charge is -2.24. The van der Waals surface area contributed by atoms with E-state index in [1.54, 1.807) is 0 Å². The van der Waals surface area contributed by atoms with Crippen molar-refractivity contribution in [1.82, 2.24) is 0 Å². The van der Waals surface area contributed by atoms with Crippen molar-refractivity contribution in [2.75, 3.05) is 0 Å². The van der Waals surface area contributed by atoms with E-state index >= 15 is 0 Å². The van der Waals surface area contributed by atoms with Crippen LogP contribution in [0.3, 0.4) is 0 Å². The van der Waals surface area contributed by atoms with Crippen molar-refractivity contribution in [3.63, 3.8) is 0 Å². The molecule has 1 saturated carbocycles. The van der Waals surface area contributed by atoms with Crippen LogP contribution in [-0.2, 0) is 4.79 Å². The Bertz CT molecular complexity index is 263. The molecule has 0 aromatic rings. The lowest BCUT2D eigenvalue weighted by atomic mass is 9.78. The number of ketones is 1. The summed E-state index contributed by atoms with van der Waals surface area (Å²) in [7, 11) is 0. The Morgan fingerprint density at radius 1 is 1.27 bits per heavy atom. The first-order valence-electron chi connectivity index (χ1n) is 6.08. The third kappa shape index (κ3) is 2.70. The van der Waals surface area contributed by atoms with Crippen molar-refractivity contribution in [2.45, 2.75) is 59.8 Å². The molecule has 0 aromatic heterocycles. The third-order valence-corrected chi connectivity index (χ3v) is 3.80. The van der Waals surface area contributed by atoms with Crippen molar-refractivity contribution >= 4 is 5.78 Å². The molecule has 0 spiro atoms. The first-order valence-corrected chi connectivity index (χ1v) is 6.08. The van der Waals surface area contributed by atoms with Gasteiger partial charge in [-0.15, -0.1) is 0 Å². The molecule has 0 aliphatic heterocycles. The predicted octanol–water partition coefficient (Wildman–Crippen LogP) is 4.13. The molecule has 86 valence electrons. The standard InChI is InChI=1S/C14H24O/c1-5-6-7-8-9-14(4)11-10-13(2,3)12(14)15/h5-6H,7-11H2,1-4H3/b6-5+/t14-/m0/s1. The molecule has 0 aromatic carbocycles. The van der Waals surface area contributed by atoms with Gasteiger partial charge >= 0.3 is 0 Å². The zero-order chi connectivity index (χ0) is 11.5. The summed E-state index contributed by atoms with van der Waals surface area (Å²) >= 11 is 0. The van der Waals surface area contributed by atoms with Crippen molar-refractivity contribution in [2.24, 2.45) is 10.8 Å². The summed E-state index contributed by atoms with van der Waals surface area (Å²) in [6, 6.07) is 0. The van der Waals surface area contributed by atoms with Crippen LogP contribution in [0.5, 0.6) is 0 Å². The largest absolute Gasteiger partial charge is 0.298 e. The Balaban J connectivity index is 2.50. The molecule has 1 rings (SSSR count). The van der Waals surface area contributed by atoms with E-state index in [1.165, 1.54) is 0 Å². The summed E-state index contributed by atoms with van der Waals surface area (Å²) < 4.78 is 0. The van der Waals surface area contributed by atoms with Gasteiger partial charge in [0.25, 0.3) is 0 Å². The molecular formula is C14H24O. The molecule has 1 atom stereocenters. The van der Waals surface area contributed by atoms with Crippen molar-refractivity contribution in [3.05, 3.63) is 12.2 Å². The van der Waals surface area contributed by atoms with E-state index in [0.717, 1.165) is 32.1 Å². The smallest absolute Gasteiger partial charge is 0.144 e. The maximum absolute atomic E-state index is 12.2. The minimum Gasteiger partial charge on any atom is -0.298 e. The second-order valence-corrected chi connectivity index (χ2v) is 5.73. The number of Topliss-reactive ketones (excluding diaryl/α,β-unsaturated/α-hetero) is 1. The number of hydrogen-bond donors (Lipinski definition) is 0. The fraction of sp³-hybridized carbons (Fsp3) is 0.786. The quantitative estimate of drug-likeness (QED) is 0.501. The highest BCUT2D eigenvalue weighted by atomic mass is 16.1. The molecule has 1 heteroatoms. The van der Waals surface area contributed by atoms with E-state index < -0.39 is 0 Å². The number of allylic oxidation sites excluding steroid dienone is 2. The van der Waals surface area contributed by atoms with Gasteiger partial charge in [-0.2, -0.15) is 0 Å². The van der Waals surface area contributed by atoms with E-state index in [2.05, 4.69) is 32.9 Å². The molecule has 0 unspecified atom stereocenters. The zero-order valence-electron chi connectivity index (χ0n) is 10.6. The average molecular weight is 208 g/mol. The minimum absolute atomic E-state index is 0.0366. The van der Waals surface area contributed by atoms with Gasteiger partial charge in [0.2, 0.25) is 0 Å². The summed E-state index contributed by atoms with van der Waals surface area (Å²) in [4.78, 5) is 12.2. The molecule has 1 nitrogen and oxygen atoms in total. The molecule has 0 amide bonds. The highest BCUT2D eigenvalue weighted by Gasteiger charge is 2.47. The van der Waals surface area contributed by atoms with Gasteiger partial charge in [0.05, 0.1) is 0 Å². The lowest BCUT2D eigenvalue weighted by molar-refractivity contribution is -0.132. The fourth-order valence-electron chi connectivity index (χ4n) is 2.65. The molecule has 15 heavy (non-hydrogen) atoms. The molecular weight excluding hydrogens is 184 g/mol. The first kappa shape index (κ1) is 12.5. The van der Waals surface area contributed by atoms with Crippen LogP contribution >= 0.6 is 0 Å². The summed E-state index contributed by atoms with van der Waals surface area (Å²) in [5.41, 5.74) is -0.111. The molecule has 0 radical (unpaired) electrons. The van der Waals surface area contributed by atoms with Crippen LogP contribution in [0.25, 0.3) is 0 Å². The molecule has 0 saturated heterocycles. The first-order chi connectivity index (χ1) is 6.92. The van der Waals surface area contributed by atoms with Gasteiger partial charge in [0.15, 0.2) is 0 Å². The van der Waals surface area contributed by atoms with E-state index in [9.17, 15) is 4.79 Å². The Kier molecular flexibility index (Phi) is 3.75. The Morgan fingerprint density at radius 3 is 2.40 bits per heavy atom. The van der Waals surface area contributed by atoms with Crippen molar-refractivity contribution < 1.29 is 4.79 Å². The van der Waals surface area contributed by atoms with Crippen LogP contribution < -0.4 is 0 Å². The normalized spacial score (nSPS) is 30.3. The van der Waals surface area contributed by atoms with Gasteiger partial charge in [0.1, 0.15) is 5.78 Å². The highest BCUT2D eigenvalue weighted by molar-refractivity contribution is 5.91.